The molecular weight excluding hydrogens is 176 g/mol. The Balaban J connectivity index is 3.04. The molecule has 0 aliphatic heterocycles. The second kappa shape index (κ2) is 3.61. The lowest BCUT2D eigenvalue weighted by molar-refractivity contribution is -0.497. The highest BCUT2D eigenvalue weighted by atomic mass is 16.6. The molecule has 0 atom stereocenters. The molecule has 0 bridgehead atoms. The average molecular weight is 182 g/mol. The lowest BCUT2D eigenvalue weighted by atomic mass is 10.2. The van der Waals surface area contributed by atoms with Gasteiger partial charge in [-0.2, -0.15) is 0 Å². The number of carboxylic acid groups (broad SMARTS) is 1. The van der Waals surface area contributed by atoms with Crippen LogP contribution >= 0.6 is 0 Å². The maximum atomic E-state index is 10.5. The number of pyridine rings is 1. The van der Waals surface area contributed by atoms with Crippen molar-refractivity contribution < 1.29 is 14.8 Å². The van der Waals surface area contributed by atoms with Crippen LogP contribution in [0.4, 0.5) is 0 Å². The number of aromatic nitrogens is 1. The fourth-order valence-corrected chi connectivity index (χ4v) is 0.881. The van der Waals surface area contributed by atoms with Crippen molar-refractivity contribution in [1.29, 1.82) is 0 Å². The zero-order chi connectivity index (χ0) is 9.84. The number of nitrogens with zero attached hydrogens (tertiary/aromatic N) is 2. The number of aromatic carboxylic acids is 1. The van der Waals surface area contributed by atoms with Gasteiger partial charge in [-0.15, -0.1) is 0 Å². The maximum absolute atomic E-state index is 10.5. The molecule has 0 amide bonds. The SMILES string of the molecule is O=C(O)c1cccnc1C[N+](=O)[O-]. The number of rotatable bonds is 3. The van der Waals surface area contributed by atoms with Crippen LogP contribution in [0.2, 0.25) is 0 Å². The van der Waals surface area contributed by atoms with E-state index in [2.05, 4.69) is 4.98 Å². The molecule has 0 aliphatic carbocycles. The van der Waals surface area contributed by atoms with Gasteiger partial charge in [-0.3, -0.25) is 15.1 Å². The van der Waals surface area contributed by atoms with Crippen molar-refractivity contribution in [3.05, 3.63) is 39.7 Å². The van der Waals surface area contributed by atoms with Crippen molar-refractivity contribution in [3.63, 3.8) is 0 Å². The van der Waals surface area contributed by atoms with Gasteiger partial charge in [0.15, 0.2) is 0 Å². The normalized spacial score (nSPS) is 9.54. The number of nitro groups is 1. The van der Waals surface area contributed by atoms with Gasteiger partial charge in [0.2, 0.25) is 6.54 Å². The van der Waals surface area contributed by atoms with Gasteiger partial charge in [0, 0.05) is 11.1 Å². The summed E-state index contributed by atoms with van der Waals surface area (Å²) in [6, 6.07) is 2.71. The van der Waals surface area contributed by atoms with Crippen LogP contribution in [0.25, 0.3) is 0 Å². The van der Waals surface area contributed by atoms with Gasteiger partial charge in [-0.25, -0.2) is 4.79 Å². The summed E-state index contributed by atoms with van der Waals surface area (Å²) in [5, 5.41) is 18.7. The number of hydrogen-bond acceptors (Lipinski definition) is 4. The Hall–Kier alpha value is -1.98. The van der Waals surface area contributed by atoms with E-state index in [1.54, 1.807) is 0 Å². The quantitative estimate of drug-likeness (QED) is 0.544. The Labute approximate surface area is 73.0 Å². The van der Waals surface area contributed by atoms with Crippen molar-refractivity contribution in [2.45, 2.75) is 6.54 Å². The van der Waals surface area contributed by atoms with Gasteiger partial charge in [-0.05, 0) is 12.1 Å². The number of hydrogen-bond donors (Lipinski definition) is 1. The topological polar surface area (TPSA) is 93.3 Å². The lowest BCUT2D eigenvalue weighted by Gasteiger charge is -1.98. The molecule has 6 nitrogen and oxygen atoms in total. The molecule has 1 rings (SSSR count). The minimum Gasteiger partial charge on any atom is -0.478 e. The van der Waals surface area contributed by atoms with Crippen molar-refractivity contribution in [1.82, 2.24) is 4.98 Å². The standard InChI is InChI=1S/C7H6N2O4/c10-7(11)5-2-1-3-8-6(5)4-9(12)13/h1-3H,4H2,(H,10,11). The Morgan fingerprint density at radius 2 is 2.38 bits per heavy atom. The monoisotopic (exact) mass is 182 g/mol. The van der Waals surface area contributed by atoms with Crippen LogP contribution in [0.15, 0.2) is 18.3 Å². The summed E-state index contributed by atoms with van der Waals surface area (Å²) in [4.78, 5) is 23.7. The second-order valence-electron chi connectivity index (χ2n) is 2.29. The molecule has 1 aromatic heterocycles. The zero-order valence-corrected chi connectivity index (χ0v) is 6.51. The summed E-state index contributed by atoms with van der Waals surface area (Å²) < 4.78 is 0. The molecule has 1 N–H and O–H groups in total. The predicted octanol–water partition coefficient (Wildman–Crippen LogP) is 0.556. The molecule has 0 saturated carbocycles. The molecular formula is C7H6N2O4. The van der Waals surface area contributed by atoms with Crippen LogP contribution in [0, 0.1) is 10.1 Å². The fraction of sp³-hybridized carbons (Fsp3) is 0.143. The molecule has 6 heteroatoms. The highest BCUT2D eigenvalue weighted by Crippen LogP contribution is 2.05. The first-order valence-electron chi connectivity index (χ1n) is 3.40. The first kappa shape index (κ1) is 9.11. The van der Waals surface area contributed by atoms with Crippen LogP contribution in [0.5, 0.6) is 0 Å². The number of carboxylic acids is 1. The predicted molar refractivity (Wildman–Crippen MR) is 41.9 cm³/mol. The van der Waals surface area contributed by atoms with Gasteiger partial charge < -0.3 is 5.11 Å². The number of carbonyl (C=O) groups is 1. The van der Waals surface area contributed by atoms with Gasteiger partial charge >= 0.3 is 5.97 Å². The molecule has 1 heterocycles. The smallest absolute Gasteiger partial charge is 0.337 e. The van der Waals surface area contributed by atoms with E-state index in [4.69, 9.17) is 5.11 Å². The molecule has 0 fully saturated rings. The summed E-state index contributed by atoms with van der Waals surface area (Å²) in [6.07, 6.45) is 1.32. The van der Waals surface area contributed by atoms with Gasteiger partial charge in [0.25, 0.3) is 0 Å². The Bertz CT molecular complexity index is 350. The van der Waals surface area contributed by atoms with E-state index in [1.807, 2.05) is 0 Å². The van der Waals surface area contributed by atoms with Crippen LogP contribution in [-0.4, -0.2) is 21.0 Å². The van der Waals surface area contributed by atoms with Crippen LogP contribution in [0.1, 0.15) is 16.1 Å². The molecule has 68 valence electrons. The highest BCUT2D eigenvalue weighted by Gasteiger charge is 2.14. The van der Waals surface area contributed by atoms with Crippen molar-refractivity contribution in [3.8, 4) is 0 Å². The summed E-state index contributed by atoms with van der Waals surface area (Å²) in [5.41, 5.74) is -0.154. The molecule has 0 spiro atoms. The minimum absolute atomic E-state index is 0.0278. The van der Waals surface area contributed by atoms with E-state index in [0.29, 0.717) is 0 Å². The van der Waals surface area contributed by atoms with Crippen molar-refractivity contribution in [2.75, 3.05) is 0 Å². The third kappa shape index (κ3) is 2.22. The first-order valence-corrected chi connectivity index (χ1v) is 3.40. The third-order valence-corrected chi connectivity index (χ3v) is 1.40. The molecule has 0 unspecified atom stereocenters. The van der Waals surface area contributed by atoms with Crippen LogP contribution in [-0.2, 0) is 6.54 Å². The Morgan fingerprint density at radius 3 is 2.92 bits per heavy atom. The zero-order valence-electron chi connectivity index (χ0n) is 6.51. The van der Waals surface area contributed by atoms with E-state index < -0.39 is 17.4 Å². The highest BCUT2D eigenvalue weighted by molar-refractivity contribution is 5.88. The van der Waals surface area contributed by atoms with Crippen molar-refractivity contribution >= 4 is 5.97 Å². The minimum atomic E-state index is -1.20. The van der Waals surface area contributed by atoms with E-state index in [1.165, 1.54) is 18.3 Å². The average Bonchev–Trinajstić information content (AvgIpc) is 2.03. The van der Waals surface area contributed by atoms with Crippen LogP contribution in [0.3, 0.4) is 0 Å². The molecule has 1 aromatic rings. The molecule has 0 aliphatic rings. The van der Waals surface area contributed by atoms with E-state index in [9.17, 15) is 14.9 Å². The van der Waals surface area contributed by atoms with Crippen LogP contribution < -0.4 is 0 Å². The van der Waals surface area contributed by atoms with E-state index in [-0.39, 0.29) is 11.3 Å². The summed E-state index contributed by atoms with van der Waals surface area (Å²) >= 11 is 0. The molecule has 13 heavy (non-hydrogen) atoms. The Kier molecular flexibility index (Phi) is 2.53. The summed E-state index contributed by atoms with van der Waals surface area (Å²) in [7, 11) is 0. The second-order valence-corrected chi connectivity index (χ2v) is 2.29. The van der Waals surface area contributed by atoms with E-state index in [0.717, 1.165) is 0 Å². The fourth-order valence-electron chi connectivity index (χ4n) is 0.881. The molecule has 0 aromatic carbocycles. The molecule has 0 saturated heterocycles. The Morgan fingerprint density at radius 1 is 1.69 bits per heavy atom. The van der Waals surface area contributed by atoms with Gasteiger partial charge in [-0.1, -0.05) is 0 Å². The summed E-state index contributed by atoms with van der Waals surface area (Å²) in [5.74, 6) is -1.20. The van der Waals surface area contributed by atoms with Crippen molar-refractivity contribution in [2.24, 2.45) is 0 Å². The van der Waals surface area contributed by atoms with Gasteiger partial charge in [0.05, 0.1) is 5.56 Å². The lowest BCUT2D eigenvalue weighted by Crippen LogP contribution is -2.08. The largest absolute Gasteiger partial charge is 0.478 e. The third-order valence-electron chi connectivity index (χ3n) is 1.40. The summed E-state index contributed by atoms with van der Waals surface area (Å²) in [6.45, 7) is -0.567. The van der Waals surface area contributed by atoms with E-state index >= 15 is 0 Å². The first-order chi connectivity index (χ1) is 6.11. The maximum Gasteiger partial charge on any atom is 0.337 e. The molecule has 0 radical (unpaired) electrons. The van der Waals surface area contributed by atoms with Gasteiger partial charge in [0.1, 0.15) is 5.69 Å².